The van der Waals surface area contributed by atoms with Gasteiger partial charge in [-0.15, -0.1) is 11.8 Å². The first kappa shape index (κ1) is 14.4. The summed E-state index contributed by atoms with van der Waals surface area (Å²) < 4.78 is 1.10. The zero-order valence-electron chi connectivity index (χ0n) is 10.6. The Balaban J connectivity index is 2.04. The van der Waals surface area contributed by atoms with Crippen molar-refractivity contribution in [3.8, 4) is 0 Å². The first-order chi connectivity index (χ1) is 9.20. The lowest BCUT2D eigenvalue weighted by Crippen LogP contribution is -2.20. The molecule has 1 heterocycles. The standard InChI is InChI=1S/C14H16BrN3S/c1-17-13(12-3-2-8-18-14(12)16)9-19-11-6-4-10(15)5-7-11/h2-8,13,17H,9H2,1H3,(H2,16,18). The Kier molecular flexibility index (Phi) is 5.24. The fraction of sp³-hybridized carbons (Fsp3) is 0.214. The van der Waals surface area contributed by atoms with Gasteiger partial charge >= 0.3 is 0 Å². The van der Waals surface area contributed by atoms with Crippen molar-refractivity contribution in [2.24, 2.45) is 0 Å². The number of nitrogens with two attached hydrogens (primary N) is 1. The number of anilines is 1. The molecule has 0 amide bonds. The van der Waals surface area contributed by atoms with E-state index in [2.05, 4.69) is 50.5 Å². The van der Waals surface area contributed by atoms with Gasteiger partial charge in [-0.3, -0.25) is 0 Å². The summed E-state index contributed by atoms with van der Waals surface area (Å²) in [6, 6.07) is 12.4. The van der Waals surface area contributed by atoms with E-state index in [4.69, 9.17) is 5.73 Å². The molecule has 1 aromatic heterocycles. The normalized spacial score (nSPS) is 12.3. The third-order valence-corrected chi connectivity index (χ3v) is 4.46. The second-order valence-corrected chi connectivity index (χ2v) is 6.09. The summed E-state index contributed by atoms with van der Waals surface area (Å²) in [5.41, 5.74) is 6.97. The summed E-state index contributed by atoms with van der Waals surface area (Å²) >= 11 is 5.24. The van der Waals surface area contributed by atoms with E-state index in [1.165, 1.54) is 4.90 Å². The maximum atomic E-state index is 5.92. The van der Waals surface area contributed by atoms with E-state index >= 15 is 0 Å². The molecule has 0 aliphatic carbocycles. The smallest absolute Gasteiger partial charge is 0.128 e. The number of halogens is 1. The van der Waals surface area contributed by atoms with Gasteiger partial charge in [-0.25, -0.2) is 4.98 Å². The van der Waals surface area contributed by atoms with Crippen molar-refractivity contribution in [3.63, 3.8) is 0 Å². The molecule has 1 unspecified atom stereocenters. The minimum absolute atomic E-state index is 0.197. The molecule has 2 rings (SSSR count). The lowest BCUT2D eigenvalue weighted by atomic mass is 10.1. The SMILES string of the molecule is CNC(CSc1ccc(Br)cc1)c1cccnc1N. The minimum Gasteiger partial charge on any atom is -0.383 e. The topological polar surface area (TPSA) is 50.9 Å². The average Bonchev–Trinajstić information content (AvgIpc) is 2.43. The Morgan fingerprint density at radius 2 is 2.05 bits per heavy atom. The van der Waals surface area contributed by atoms with Gasteiger partial charge in [0.15, 0.2) is 0 Å². The fourth-order valence-electron chi connectivity index (χ4n) is 1.76. The maximum Gasteiger partial charge on any atom is 0.128 e. The van der Waals surface area contributed by atoms with E-state index in [1.54, 1.807) is 18.0 Å². The van der Waals surface area contributed by atoms with E-state index in [1.807, 2.05) is 19.2 Å². The predicted molar refractivity (Wildman–Crippen MR) is 85.3 cm³/mol. The molecule has 100 valence electrons. The molecule has 0 spiro atoms. The van der Waals surface area contributed by atoms with Crippen LogP contribution in [0.1, 0.15) is 11.6 Å². The van der Waals surface area contributed by atoms with E-state index in [-0.39, 0.29) is 6.04 Å². The monoisotopic (exact) mass is 337 g/mol. The molecule has 0 saturated carbocycles. The fourth-order valence-corrected chi connectivity index (χ4v) is 3.06. The van der Waals surface area contributed by atoms with Gasteiger partial charge in [0.1, 0.15) is 5.82 Å². The van der Waals surface area contributed by atoms with Crippen molar-refractivity contribution in [2.75, 3.05) is 18.5 Å². The number of aromatic nitrogens is 1. The quantitative estimate of drug-likeness (QED) is 0.820. The highest BCUT2D eigenvalue weighted by Gasteiger charge is 2.13. The molecule has 0 saturated heterocycles. The zero-order valence-corrected chi connectivity index (χ0v) is 13.0. The van der Waals surface area contributed by atoms with Crippen LogP contribution in [0.3, 0.4) is 0 Å². The van der Waals surface area contributed by atoms with Crippen molar-refractivity contribution in [1.29, 1.82) is 0 Å². The van der Waals surface area contributed by atoms with Crippen molar-refractivity contribution < 1.29 is 0 Å². The van der Waals surface area contributed by atoms with Crippen molar-refractivity contribution >= 4 is 33.5 Å². The van der Waals surface area contributed by atoms with E-state index < -0.39 is 0 Å². The van der Waals surface area contributed by atoms with Gasteiger partial charge in [-0.1, -0.05) is 22.0 Å². The second-order valence-electron chi connectivity index (χ2n) is 4.08. The molecule has 1 aromatic carbocycles. The average molecular weight is 338 g/mol. The molecule has 3 N–H and O–H groups in total. The highest BCUT2D eigenvalue weighted by molar-refractivity contribution is 9.10. The van der Waals surface area contributed by atoms with Crippen molar-refractivity contribution in [1.82, 2.24) is 10.3 Å². The van der Waals surface area contributed by atoms with E-state index in [0.717, 1.165) is 15.8 Å². The molecule has 5 heteroatoms. The summed E-state index contributed by atoms with van der Waals surface area (Å²) in [5.74, 6) is 1.51. The van der Waals surface area contributed by atoms with Crippen molar-refractivity contribution in [2.45, 2.75) is 10.9 Å². The number of benzene rings is 1. The van der Waals surface area contributed by atoms with Crippen LogP contribution >= 0.6 is 27.7 Å². The predicted octanol–water partition coefficient (Wildman–Crippen LogP) is 3.48. The van der Waals surface area contributed by atoms with E-state index in [0.29, 0.717) is 5.82 Å². The second kappa shape index (κ2) is 6.93. The van der Waals surface area contributed by atoms with Gasteiger partial charge in [0.05, 0.1) is 0 Å². The molecule has 19 heavy (non-hydrogen) atoms. The zero-order chi connectivity index (χ0) is 13.7. The van der Waals surface area contributed by atoms with E-state index in [9.17, 15) is 0 Å². The van der Waals surface area contributed by atoms with Gasteiger partial charge < -0.3 is 11.1 Å². The van der Waals surface area contributed by atoms with Gasteiger partial charge in [-0.05, 0) is 37.4 Å². The number of nitrogens with one attached hydrogen (secondary N) is 1. The number of thioether (sulfide) groups is 1. The molecule has 0 radical (unpaired) electrons. The number of nitrogen functional groups attached to an aromatic ring is 1. The molecular weight excluding hydrogens is 322 g/mol. The Bertz CT molecular complexity index is 530. The van der Waals surface area contributed by atoms with Crippen LogP contribution in [-0.4, -0.2) is 17.8 Å². The lowest BCUT2D eigenvalue weighted by molar-refractivity contribution is 0.661. The van der Waals surface area contributed by atoms with Crippen LogP contribution in [0.25, 0.3) is 0 Å². The maximum absolute atomic E-state index is 5.92. The number of hydrogen-bond donors (Lipinski definition) is 2. The summed E-state index contributed by atoms with van der Waals surface area (Å²) in [6.45, 7) is 0. The van der Waals surface area contributed by atoms with Gasteiger partial charge in [-0.2, -0.15) is 0 Å². The summed E-state index contributed by atoms with van der Waals surface area (Å²) in [4.78, 5) is 5.38. The Morgan fingerprint density at radius 1 is 1.32 bits per heavy atom. The lowest BCUT2D eigenvalue weighted by Gasteiger charge is -2.17. The van der Waals surface area contributed by atoms with Crippen LogP contribution in [0.5, 0.6) is 0 Å². The molecule has 3 nitrogen and oxygen atoms in total. The summed E-state index contributed by atoms with van der Waals surface area (Å²) in [5, 5.41) is 3.29. The van der Waals surface area contributed by atoms with Crippen LogP contribution < -0.4 is 11.1 Å². The highest BCUT2D eigenvalue weighted by atomic mass is 79.9. The molecule has 0 fully saturated rings. The van der Waals surface area contributed by atoms with Crippen LogP contribution in [0, 0.1) is 0 Å². The number of hydrogen-bond acceptors (Lipinski definition) is 4. The number of nitrogens with zero attached hydrogens (tertiary/aromatic N) is 1. The Labute approximate surface area is 126 Å². The molecule has 0 aliphatic heterocycles. The van der Waals surface area contributed by atoms with Gasteiger partial charge in [0.25, 0.3) is 0 Å². The molecule has 0 bridgehead atoms. The first-order valence-electron chi connectivity index (χ1n) is 5.96. The molecule has 1 atom stereocenters. The van der Waals surface area contributed by atoms with Gasteiger partial charge in [0, 0.05) is 32.9 Å². The van der Waals surface area contributed by atoms with Crippen LogP contribution in [0.15, 0.2) is 52.0 Å². The largest absolute Gasteiger partial charge is 0.383 e. The van der Waals surface area contributed by atoms with Gasteiger partial charge in [0.2, 0.25) is 0 Å². The third-order valence-electron chi connectivity index (χ3n) is 2.83. The third kappa shape index (κ3) is 3.96. The Morgan fingerprint density at radius 3 is 2.68 bits per heavy atom. The molecule has 2 aromatic rings. The summed E-state index contributed by atoms with van der Waals surface area (Å²) in [6.07, 6.45) is 1.72. The Hall–Kier alpha value is -1.04. The summed E-state index contributed by atoms with van der Waals surface area (Å²) in [7, 11) is 1.94. The van der Waals surface area contributed by atoms with Crippen LogP contribution in [0.4, 0.5) is 5.82 Å². The number of pyridine rings is 1. The van der Waals surface area contributed by atoms with Crippen molar-refractivity contribution in [3.05, 3.63) is 52.6 Å². The minimum atomic E-state index is 0.197. The highest BCUT2D eigenvalue weighted by Crippen LogP contribution is 2.27. The van der Waals surface area contributed by atoms with Crippen LogP contribution in [-0.2, 0) is 0 Å². The number of rotatable bonds is 5. The van der Waals surface area contributed by atoms with Crippen LogP contribution in [0.2, 0.25) is 0 Å². The molecular formula is C14H16BrN3S. The first-order valence-corrected chi connectivity index (χ1v) is 7.74. The molecule has 0 aliphatic rings.